The van der Waals surface area contributed by atoms with Crippen molar-refractivity contribution in [1.82, 2.24) is 0 Å². The molecule has 3 heteroatoms. The van der Waals surface area contributed by atoms with Crippen LogP contribution in [0.1, 0.15) is 23.6 Å². The largest absolute Gasteiger partial charge is 0.494 e. The Hall–Kier alpha value is -2.52. The Balaban J connectivity index is 2.14. The van der Waals surface area contributed by atoms with Crippen molar-refractivity contribution in [2.24, 2.45) is 0 Å². The molecule has 134 valence electrons. The molecule has 0 bridgehead atoms. The molecule has 26 heavy (non-hydrogen) atoms. The van der Waals surface area contributed by atoms with Crippen LogP contribution in [-0.4, -0.2) is 16.8 Å². The number of rotatable bonds is 6. The van der Waals surface area contributed by atoms with Crippen LogP contribution in [0.5, 0.6) is 17.2 Å². The van der Waals surface area contributed by atoms with Crippen molar-refractivity contribution in [2.75, 3.05) is 6.61 Å². The molecule has 0 heterocycles. The zero-order valence-corrected chi connectivity index (χ0v) is 18.0. The van der Waals surface area contributed by atoms with Crippen molar-refractivity contribution in [3.8, 4) is 28.4 Å². The number of ether oxygens (including phenoxy) is 2. The first-order valence-corrected chi connectivity index (χ1v) is 10.6. The van der Waals surface area contributed by atoms with Crippen molar-refractivity contribution < 1.29 is 9.47 Å². The third kappa shape index (κ3) is 3.83. The van der Waals surface area contributed by atoms with Crippen LogP contribution in [0.4, 0.5) is 0 Å². The average Bonchev–Trinajstić information content (AvgIpc) is 2.67. The molecule has 0 N–H and O–H groups in total. The molecule has 0 unspecified atom stereocenters. The van der Waals surface area contributed by atoms with Gasteiger partial charge >= 0.3 is 0 Å². The third-order valence-corrected chi connectivity index (χ3v) is 5.43. The van der Waals surface area contributed by atoms with Gasteiger partial charge in [0.2, 0.25) is 0 Å². The number of para-hydroxylation sites is 1. The van der Waals surface area contributed by atoms with Crippen LogP contribution in [0.25, 0.3) is 11.1 Å². The van der Waals surface area contributed by atoms with E-state index in [0.717, 1.165) is 33.5 Å². The van der Waals surface area contributed by atoms with E-state index in [1.807, 2.05) is 49.4 Å². The van der Waals surface area contributed by atoms with Gasteiger partial charge in [0.1, 0.15) is 17.2 Å². The lowest BCUT2D eigenvalue weighted by Gasteiger charge is -2.20. The highest BCUT2D eigenvalue weighted by molar-refractivity contribution is 6.09. The van der Waals surface area contributed by atoms with Crippen LogP contribution < -0.4 is 9.47 Å². The van der Waals surface area contributed by atoms with Gasteiger partial charge in [0.15, 0.2) is 0 Å². The Bertz CT molecular complexity index is 871. The molecular formula is C23H26O2Si. The Morgan fingerprint density at radius 2 is 1.58 bits per heavy atom. The summed E-state index contributed by atoms with van der Waals surface area (Å²) >= 11 is 0. The Kier molecular flexibility index (Phi) is 5.79. The molecule has 0 amide bonds. The van der Waals surface area contributed by atoms with Crippen LogP contribution in [0.3, 0.4) is 0 Å². The van der Waals surface area contributed by atoms with Gasteiger partial charge in [-0.3, -0.25) is 0 Å². The van der Waals surface area contributed by atoms with Gasteiger partial charge in [-0.05, 0) is 73.3 Å². The highest BCUT2D eigenvalue weighted by atomic mass is 28.1. The summed E-state index contributed by atoms with van der Waals surface area (Å²) < 4.78 is 12.0. The number of hydrogen-bond donors (Lipinski definition) is 0. The van der Waals surface area contributed by atoms with Gasteiger partial charge in [0, 0.05) is 15.8 Å². The molecular weight excluding hydrogens is 336 g/mol. The molecule has 3 rings (SSSR count). The molecule has 0 saturated heterocycles. The Morgan fingerprint density at radius 1 is 0.885 bits per heavy atom. The minimum absolute atomic E-state index is 0.678. The monoisotopic (exact) mass is 362 g/mol. The van der Waals surface area contributed by atoms with Gasteiger partial charge in [-0.25, -0.2) is 0 Å². The van der Waals surface area contributed by atoms with Gasteiger partial charge in [-0.2, -0.15) is 0 Å². The van der Waals surface area contributed by atoms with Crippen LogP contribution in [0.2, 0.25) is 0 Å². The topological polar surface area (TPSA) is 18.5 Å². The number of benzene rings is 3. The van der Waals surface area contributed by atoms with E-state index in [1.165, 1.54) is 27.8 Å². The van der Waals surface area contributed by atoms with Crippen molar-refractivity contribution in [2.45, 2.75) is 26.8 Å². The van der Waals surface area contributed by atoms with Crippen molar-refractivity contribution in [1.29, 1.82) is 0 Å². The molecule has 0 aliphatic carbocycles. The van der Waals surface area contributed by atoms with Gasteiger partial charge in [-0.15, -0.1) is 0 Å². The van der Waals surface area contributed by atoms with Gasteiger partial charge < -0.3 is 9.47 Å². The van der Waals surface area contributed by atoms with E-state index in [9.17, 15) is 0 Å². The van der Waals surface area contributed by atoms with E-state index in [1.54, 1.807) is 0 Å². The molecule has 3 aromatic rings. The fourth-order valence-corrected chi connectivity index (χ4v) is 3.73. The second kappa shape index (κ2) is 8.24. The minimum atomic E-state index is 0.678. The van der Waals surface area contributed by atoms with Crippen LogP contribution in [0, 0.1) is 13.8 Å². The standard InChI is InChI=1S/C23H26O2Si/c1-4-24-20-12-10-18(11-13-20)22-19(15-26)14-16(2)17(3)23(22)25-21-8-6-5-7-9-21/h5-14H,4,15H2,1-3,26H3. The lowest BCUT2D eigenvalue weighted by atomic mass is 9.93. The highest BCUT2D eigenvalue weighted by Crippen LogP contribution is 2.41. The quantitative estimate of drug-likeness (QED) is 0.573. The van der Waals surface area contributed by atoms with Crippen LogP contribution >= 0.6 is 0 Å². The van der Waals surface area contributed by atoms with Crippen LogP contribution in [0.15, 0.2) is 60.7 Å². The minimum Gasteiger partial charge on any atom is -0.494 e. The highest BCUT2D eigenvalue weighted by Gasteiger charge is 2.17. The summed E-state index contributed by atoms with van der Waals surface area (Å²) in [4.78, 5) is 0. The number of hydrogen-bond acceptors (Lipinski definition) is 2. The van der Waals surface area contributed by atoms with Gasteiger partial charge in [0.25, 0.3) is 0 Å². The summed E-state index contributed by atoms with van der Waals surface area (Å²) in [5, 5.41) is 0. The van der Waals surface area contributed by atoms with Gasteiger partial charge in [0.05, 0.1) is 6.61 Å². The lowest BCUT2D eigenvalue weighted by Crippen LogP contribution is -2.00. The third-order valence-electron chi connectivity index (χ3n) is 4.67. The maximum Gasteiger partial charge on any atom is 0.138 e. The summed E-state index contributed by atoms with van der Waals surface area (Å²) in [5.74, 6) is 2.73. The van der Waals surface area contributed by atoms with Crippen LogP contribution in [-0.2, 0) is 6.04 Å². The summed E-state index contributed by atoms with van der Waals surface area (Å²) in [6, 6.07) is 21.8. The van der Waals surface area contributed by atoms with E-state index in [4.69, 9.17) is 9.47 Å². The predicted molar refractivity (Wildman–Crippen MR) is 113 cm³/mol. The molecule has 2 nitrogen and oxygen atoms in total. The second-order valence-electron chi connectivity index (χ2n) is 6.41. The first-order chi connectivity index (χ1) is 12.6. The van der Waals surface area contributed by atoms with Crippen molar-refractivity contribution >= 4 is 10.2 Å². The van der Waals surface area contributed by atoms with E-state index in [0.29, 0.717) is 6.61 Å². The zero-order valence-electron chi connectivity index (χ0n) is 16.0. The summed E-state index contributed by atoms with van der Waals surface area (Å²) in [5.41, 5.74) is 6.20. The normalized spacial score (nSPS) is 10.7. The lowest BCUT2D eigenvalue weighted by molar-refractivity contribution is 0.340. The van der Waals surface area contributed by atoms with Crippen molar-refractivity contribution in [3.63, 3.8) is 0 Å². The Labute approximate surface area is 159 Å². The predicted octanol–water partition coefficient (Wildman–Crippen LogP) is 5.03. The summed E-state index contributed by atoms with van der Waals surface area (Å²) in [6.45, 7) is 6.98. The maximum atomic E-state index is 6.38. The smallest absolute Gasteiger partial charge is 0.138 e. The first-order valence-electron chi connectivity index (χ1n) is 9.23. The summed E-state index contributed by atoms with van der Waals surface area (Å²) in [7, 11) is 1.11. The zero-order chi connectivity index (χ0) is 18.5. The van der Waals surface area contributed by atoms with Gasteiger partial charge in [-0.1, -0.05) is 36.4 Å². The molecule has 0 atom stereocenters. The molecule has 0 aromatic heterocycles. The average molecular weight is 363 g/mol. The molecule has 3 aromatic carbocycles. The van der Waals surface area contributed by atoms with E-state index in [-0.39, 0.29) is 0 Å². The van der Waals surface area contributed by atoms with E-state index >= 15 is 0 Å². The maximum absolute atomic E-state index is 6.38. The molecule has 0 spiro atoms. The fraction of sp³-hybridized carbons (Fsp3) is 0.217. The van der Waals surface area contributed by atoms with E-state index in [2.05, 4.69) is 32.0 Å². The first kappa shape index (κ1) is 18.3. The molecule has 0 aliphatic heterocycles. The van der Waals surface area contributed by atoms with E-state index < -0.39 is 0 Å². The number of aryl methyl sites for hydroxylation is 1. The van der Waals surface area contributed by atoms with Crippen molar-refractivity contribution in [3.05, 3.63) is 77.4 Å². The molecule has 0 aliphatic rings. The second-order valence-corrected chi connectivity index (χ2v) is 7.11. The fourth-order valence-electron chi connectivity index (χ4n) is 3.17. The summed E-state index contributed by atoms with van der Waals surface area (Å²) in [6.07, 6.45) is 0. The molecule has 0 saturated carbocycles. The SMILES string of the molecule is CCOc1ccc(-c2c(C[SiH3])cc(C)c(C)c2Oc2ccccc2)cc1. The molecule has 0 fully saturated rings. The Morgan fingerprint density at radius 3 is 2.19 bits per heavy atom. The molecule has 0 radical (unpaired) electrons.